The van der Waals surface area contributed by atoms with Crippen molar-refractivity contribution in [2.45, 2.75) is 26.4 Å². The molecule has 140 valence electrons. The molecule has 1 aliphatic heterocycles. The molecule has 0 bridgehead atoms. The van der Waals surface area contributed by atoms with Gasteiger partial charge in [0.15, 0.2) is 5.96 Å². The third kappa shape index (κ3) is 4.85. The first-order chi connectivity index (χ1) is 12.8. The SMILES string of the molecule is CCOCC1CCN(C(=NC)NCc2nccn2Cc2ccccc2)C1. The molecule has 0 saturated carbocycles. The van der Waals surface area contributed by atoms with Crippen LogP contribution in [0.3, 0.4) is 0 Å². The van der Waals surface area contributed by atoms with Gasteiger partial charge in [-0.15, -0.1) is 0 Å². The lowest BCUT2D eigenvalue weighted by Crippen LogP contribution is -2.40. The van der Waals surface area contributed by atoms with Crippen LogP contribution in [-0.4, -0.2) is 53.8 Å². The van der Waals surface area contributed by atoms with E-state index in [1.54, 1.807) is 0 Å². The van der Waals surface area contributed by atoms with Crippen LogP contribution >= 0.6 is 0 Å². The van der Waals surface area contributed by atoms with Crippen molar-refractivity contribution in [3.05, 3.63) is 54.1 Å². The molecule has 26 heavy (non-hydrogen) atoms. The van der Waals surface area contributed by atoms with Crippen molar-refractivity contribution in [2.75, 3.05) is 33.4 Å². The van der Waals surface area contributed by atoms with E-state index in [0.29, 0.717) is 12.5 Å². The number of likely N-dealkylation sites (tertiary alicyclic amines) is 1. The van der Waals surface area contributed by atoms with E-state index in [0.717, 1.165) is 51.1 Å². The van der Waals surface area contributed by atoms with Crippen molar-refractivity contribution >= 4 is 5.96 Å². The predicted octanol–water partition coefficient (Wildman–Crippen LogP) is 2.37. The Kier molecular flexibility index (Phi) is 6.66. The number of hydrogen-bond donors (Lipinski definition) is 1. The Morgan fingerprint density at radius 2 is 2.19 bits per heavy atom. The van der Waals surface area contributed by atoms with Crippen LogP contribution in [0.1, 0.15) is 24.7 Å². The number of nitrogens with one attached hydrogen (secondary N) is 1. The topological polar surface area (TPSA) is 54.7 Å². The smallest absolute Gasteiger partial charge is 0.194 e. The minimum atomic E-state index is 0.591. The van der Waals surface area contributed by atoms with Gasteiger partial charge in [-0.3, -0.25) is 4.99 Å². The summed E-state index contributed by atoms with van der Waals surface area (Å²) in [7, 11) is 1.84. The maximum atomic E-state index is 5.57. The van der Waals surface area contributed by atoms with Gasteiger partial charge >= 0.3 is 0 Å². The third-order valence-electron chi connectivity index (χ3n) is 4.76. The Hall–Kier alpha value is -2.34. The molecule has 1 aliphatic rings. The van der Waals surface area contributed by atoms with E-state index in [1.807, 2.05) is 32.4 Å². The van der Waals surface area contributed by atoms with E-state index in [9.17, 15) is 0 Å². The van der Waals surface area contributed by atoms with Gasteiger partial charge in [-0.05, 0) is 18.9 Å². The molecule has 1 atom stereocenters. The van der Waals surface area contributed by atoms with Gasteiger partial charge < -0.3 is 19.5 Å². The van der Waals surface area contributed by atoms with Crippen LogP contribution in [0.15, 0.2) is 47.7 Å². The van der Waals surface area contributed by atoms with E-state index >= 15 is 0 Å². The fraction of sp³-hybridized carbons (Fsp3) is 0.500. The van der Waals surface area contributed by atoms with Crippen molar-refractivity contribution in [3.63, 3.8) is 0 Å². The molecule has 1 aromatic carbocycles. The highest BCUT2D eigenvalue weighted by Gasteiger charge is 2.24. The molecule has 1 aromatic heterocycles. The number of benzene rings is 1. The predicted molar refractivity (Wildman–Crippen MR) is 104 cm³/mol. The molecule has 2 heterocycles. The van der Waals surface area contributed by atoms with Gasteiger partial charge in [0.05, 0.1) is 13.2 Å². The summed E-state index contributed by atoms with van der Waals surface area (Å²) < 4.78 is 7.75. The molecule has 1 saturated heterocycles. The largest absolute Gasteiger partial charge is 0.381 e. The van der Waals surface area contributed by atoms with Crippen LogP contribution < -0.4 is 5.32 Å². The van der Waals surface area contributed by atoms with Crippen LogP contribution in [0.2, 0.25) is 0 Å². The van der Waals surface area contributed by atoms with Gasteiger partial charge in [-0.2, -0.15) is 0 Å². The summed E-state index contributed by atoms with van der Waals surface area (Å²) in [5, 5.41) is 3.47. The number of aliphatic imine (C=N–C) groups is 1. The normalized spacial score (nSPS) is 17.7. The zero-order chi connectivity index (χ0) is 18.2. The average molecular weight is 355 g/mol. The van der Waals surface area contributed by atoms with E-state index in [4.69, 9.17) is 4.74 Å². The minimum absolute atomic E-state index is 0.591. The summed E-state index contributed by atoms with van der Waals surface area (Å²) in [5.74, 6) is 2.55. The molecule has 0 amide bonds. The minimum Gasteiger partial charge on any atom is -0.381 e. The van der Waals surface area contributed by atoms with Crippen molar-refractivity contribution in [2.24, 2.45) is 10.9 Å². The van der Waals surface area contributed by atoms with Crippen molar-refractivity contribution < 1.29 is 4.74 Å². The van der Waals surface area contributed by atoms with Gasteiger partial charge in [-0.25, -0.2) is 4.98 Å². The first kappa shape index (κ1) is 18.5. The number of ether oxygens (including phenoxy) is 1. The molecule has 1 unspecified atom stereocenters. The first-order valence-electron chi connectivity index (χ1n) is 9.37. The molecular formula is C20H29N5O. The van der Waals surface area contributed by atoms with E-state index in [-0.39, 0.29) is 0 Å². The second-order valence-corrected chi connectivity index (χ2v) is 6.62. The Morgan fingerprint density at radius 3 is 2.96 bits per heavy atom. The third-order valence-corrected chi connectivity index (χ3v) is 4.76. The van der Waals surface area contributed by atoms with Crippen LogP contribution in [0.4, 0.5) is 0 Å². The zero-order valence-electron chi connectivity index (χ0n) is 15.8. The lowest BCUT2D eigenvalue weighted by atomic mass is 10.1. The molecular weight excluding hydrogens is 326 g/mol. The van der Waals surface area contributed by atoms with Crippen molar-refractivity contribution in [1.82, 2.24) is 19.8 Å². The number of nitrogens with zero attached hydrogens (tertiary/aromatic N) is 4. The fourth-order valence-electron chi connectivity index (χ4n) is 3.37. The highest BCUT2D eigenvalue weighted by atomic mass is 16.5. The highest BCUT2D eigenvalue weighted by Crippen LogP contribution is 2.16. The van der Waals surface area contributed by atoms with E-state index < -0.39 is 0 Å². The van der Waals surface area contributed by atoms with E-state index in [1.165, 1.54) is 5.56 Å². The molecule has 0 radical (unpaired) electrons. The highest BCUT2D eigenvalue weighted by molar-refractivity contribution is 5.80. The zero-order valence-corrected chi connectivity index (χ0v) is 15.8. The lowest BCUT2D eigenvalue weighted by Gasteiger charge is -2.22. The molecule has 6 heteroatoms. The van der Waals surface area contributed by atoms with Crippen LogP contribution in [0.25, 0.3) is 0 Å². The number of guanidine groups is 1. The Labute approximate surface area is 155 Å². The van der Waals surface area contributed by atoms with Crippen molar-refractivity contribution in [1.29, 1.82) is 0 Å². The molecule has 6 nitrogen and oxygen atoms in total. The number of aromatic nitrogens is 2. The Bertz CT molecular complexity index is 697. The Morgan fingerprint density at radius 1 is 1.35 bits per heavy atom. The molecule has 2 aromatic rings. The summed E-state index contributed by atoms with van der Waals surface area (Å²) in [6.07, 6.45) is 5.04. The number of hydrogen-bond acceptors (Lipinski definition) is 3. The lowest BCUT2D eigenvalue weighted by molar-refractivity contribution is 0.114. The molecule has 0 spiro atoms. The summed E-state index contributed by atoms with van der Waals surface area (Å²) >= 11 is 0. The quantitative estimate of drug-likeness (QED) is 0.612. The molecule has 3 rings (SSSR count). The Balaban J connectivity index is 1.54. The number of imidazole rings is 1. The number of rotatable bonds is 7. The summed E-state index contributed by atoms with van der Waals surface area (Å²) in [6, 6.07) is 10.5. The molecule has 0 aliphatic carbocycles. The second kappa shape index (κ2) is 9.38. The summed E-state index contributed by atoms with van der Waals surface area (Å²) in [6.45, 7) is 7.19. The van der Waals surface area contributed by atoms with Gasteiger partial charge in [0, 0.05) is 51.6 Å². The standard InChI is InChI=1S/C20H29N5O/c1-3-26-16-18-9-11-25(15-18)20(21-2)23-13-19-22-10-12-24(19)14-17-7-5-4-6-8-17/h4-8,10,12,18H,3,9,11,13-16H2,1-2H3,(H,21,23). The molecule has 1 fully saturated rings. The van der Waals surface area contributed by atoms with Crippen molar-refractivity contribution in [3.8, 4) is 0 Å². The fourth-order valence-corrected chi connectivity index (χ4v) is 3.37. The van der Waals surface area contributed by atoms with Gasteiger partial charge in [-0.1, -0.05) is 30.3 Å². The van der Waals surface area contributed by atoms with Gasteiger partial charge in [0.2, 0.25) is 0 Å². The average Bonchev–Trinajstić information content (AvgIpc) is 3.31. The monoisotopic (exact) mass is 355 g/mol. The summed E-state index contributed by atoms with van der Waals surface area (Å²) in [4.78, 5) is 11.3. The van der Waals surface area contributed by atoms with Crippen LogP contribution in [0.5, 0.6) is 0 Å². The molecule has 1 N–H and O–H groups in total. The van der Waals surface area contributed by atoms with E-state index in [2.05, 4.69) is 49.0 Å². The first-order valence-corrected chi connectivity index (χ1v) is 9.37. The van der Waals surface area contributed by atoms with Crippen LogP contribution in [-0.2, 0) is 17.8 Å². The van der Waals surface area contributed by atoms with Gasteiger partial charge in [0.1, 0.15) is 5.82 Å². The second-order valence-electron chi connectivity index (χ2n) is 6.62. The van der Waals surface area contributed by atoms with Crippen LogP contribution in [0, 0.1) is 5.92 Å². The summed E-state index contributed by atoms with van der Waals surface area (Å²) in [5.41, 5.74) is 1.27. The maximum Gasteiger partial charge on any atom is 0.194 e. The maximum absolute atomic E-state index is 5.57. The van der Waals surface area contributed by atoms with Gasteiger partial charge in [0.25, 0.3) is 0 Å².